The van der Waals surface area contributed by atoms with E-state index in [2.05, 4.69) is 35.6 Å². The Balaban J connectivity index is 1.51. The van der Waals surface area contributed by atoms with Gasteiger partial charge in [-0.2, -0.15) is 0 Å². The van der Waals surface area contributed by atoms with Gasteiger partial charge in [0.25, 0.3) is 0 Å². The molecule has 3 heteroatoms. The van der Waals surface area contributed by atoms with E-state index < -0.39 is 0 Å². The van der Waals surface area contributed by atoms with Gasteiger partial charge in [-0.3, -0.25) is 0 Å². The van der Waals surface area contributed by atoms with Gasteiger partial charge in [-0.1, -0.05) is 18.6 Å². The van der Waals surface area contributed by atoms with Crippen LogP contribution in [0.1, 0.15) is 32.1 Å². The molecule has 2 aliphatic rings. The molecule has 22 heavy (non-hydrogen) atoms. The Kier molecular flexibility index (Phi) is 3.67. The van der Waals surface area contributed by atoms with Crippen LogP contribution in [0.2, 0.25) is 0 Å². The molecule has 0 saturated carbocycles. The van der Waals surface area contributed by atoms with Crippen molar-refractivity contribution in [2.24, 2.45) is 0 Å². The number of nitrogens with one attached hydrogen (secondary N) is 1. The van der Waals surface area contributed by atoms with Gasteiger partial charge in [0.15, 0.2) is 0 Å². The first-order chi connectivity index (χ1) is 10.8. The largest absolute Gasteiger partial charge is 0.497 e. The first-order valence-corrected chi connectivity index (χ1v) is 8.31. The molecule has 2 aromatic carbocycles. The molecule has 0 aliphatic carbocycles. The third-order valence-corrected chi connectivity index (χ3v) is 4.99. The van der Waals surface area contributed by atoms with Crippen LogP contribution in [-0.2, 0) is 0 Å². The third kappa shape index (κ3) is 2.78. The van der Waals surface area contributed by atoms with Crippen molar-refractivity contribution < 1.29 is 9.47 Å². The zero-order valence-electron chi connectivity index (χ0n) is 13.0. The fraction of sp³-hybridized carbons (Fsp3) is 0.474. The second-order valence-corrected chi connectivity index (χ2v) is 6.58. The number of methoxy groups -OCH3 is 1. The Morgan fingerprint density at radius 2 is 1.55 bits per heavy atom. The van der Waals surface area contributed by atoms with Crippen molar-refractivity contribution in [1.29, 1.82) is 0 Å². The Hall–Kier alpha value is -1.74. The van der Waals surface area contributed by atoms with Crippen LogP contribution in [0.25, 0.3) is 10.8 Å². The molecule has 2 bridgehead atoms. The average Bonchev–Trinajstić information content (AvgIpc) is 2.54. The third-order valence-electron chi connectivity index (χ3n) is 4.99. The number of fused-ring (bicyclic) bond motifs is 3. The molecule has 2 aliphatic heterocycles. The SMILES string of the molecule is COc1ccc2cc(OC3C[C@H]4CCC[C@@H](C3)N4)ccc2c1. The minimum atomic E-state index is 0.354. The maximum Gasteiger partial charge on any atom is 0.120 e. The lowest BCUT2D eigenvalue weighted by molar-refractivity contribution is 0.0928. The summed E-state index contributed by atoms with van der Waals surface area (Å²) in [4.78, 5) is 0. The van der Waals surface area contributed by atoms with Gasteiger partial charge >= 0.3 is 0 Å². The monoisotopic (exact) mass is 297 g/mol. The molecule has 0 spiro atoms. The fourth-order valence-electron chi connectivity index (χ4n) is 3.90. The molecule has 3 nitrogen and oxygen atoms in total. The number of benzene rings is 2. The number of piperidine rings is 2. The van der Waals surface area contributed by atoms with E-state index >= 15 is 0 Å². The highest BCUT2D eigenvalue weighted by Crippen LogP contribution is 2.30. The molecule has 0 aromatic heterocycles. The fourth-order valence-corrected chi connectivity index (χ4v) is 3.90. The summed E-state index contributed by atoms with van der Waals surface area (Å²) < 4.78 is 11.6. The highest BCUT2D eigenvalue weighted by molar-refractivity contribution is 5.85. The van der Waals surface area contributed by atoms with E-state index in [1.807, 2.05) is 6.07 Å². The summed E-state index contributed by atoms with van der Waals surface area (Å²) in [7, 11) is 1.70. The first-order valence-electron chi connectivity index (χ1n) is 8.31. The van der Waals surface area contributed by atoms with Gasteiger partial charge in [0.1, 0.15) is 17.6 Å². The van der Waals surface area contributed by atoms with Gasteiger partial charge < -0.3 is 14.8 Å². The van der Waals surface area contributed by atoms with Gasteiger partial charge in [-0.15, -0.1) is 0 Å². The Morgan fingerprint density at radius 1 is 0.909 bits per heavy atom. The van der Waals surface area contributed by atoms with Crippen LogP contribution in [0.4, 0.5) is 0 Å². The van der Waals surface area contributed by atoms with E-state index in [4.69, 9.17) is 9.47 Å². The van der Waals surface area contributed by atoms with E-state index in [0.717, 1.165) is 24.3 Å². The summed E-state index contributed by atoms with van der Waals surface area (Å²) in [6, 6.07) is 13.8. The van der Waals surface area contributed by atoms with Crippen LogP contribution >= 0.6 is 0 Å². The van der Waals surface area contributed by atoms with Gasteiger partial charge in [-0.25, -0.2) is 0 Å². The lowest BCUT2D eigenvalue weighted by atomic mass is 9.85. The van der Waals surface area contributed by atoms with Crippen molar-refractivity contribution in [1.82, 2.24) is 5.32 Å². The summed E-state index contributed by atoms with van der Waals surface area (Å²) in [5.41, 5.74) is 0. The first kappa shape index (κ1) is 13.9. The second-order valence-electron chi connectivity index (χ2n) is 6.58. The maximum absolute atomic E-state index is 6.29. The number of hydrogen-bond donors (Lipinski definition) is 1. The molecular formula is C19H23NO2. The molecule has 2 saturated heterocycles. The van der Waals surface area contributed by atoms with Crippen LogP contribution in [0, 0.1) is 0 Å². The minimum absolute atomic E-state index is 0.354. The molecule has 1 unspecified atom stereocenters. The van der Waals surface area contributed by atoms with E-state index in [9.17, 15) is 0 Å². The van der Waals surface area contributed by atoms with Crippen LogP contribution in [0.3, 0.4) is 0 Å². The van der Waals surface area contributed by atoms with Crippen molar-refractivity contribution in [3.63, 3.8) is 0 Å². The lowest BCUT2D eigenvalue weighted by Gasteiger charge is -2.40. The highest BCUT2D eigenvalue weighted by atomic mass is 16.5. The van der Waals surface area contributed by atoms with Crippen molar-refractivity contribution in [2.75, 3.05) is 7.11 Å². The summed E-state index contributed by atoms with van der Waals surface area (Å²) in [5.74, 6) is 1.88. The predicted octanol–water partition coefficient (Wildman–Crippen LogP) is 3.90. The number of hydrogen-bond acceptors (Lipinski definition) is 3. The molecule has 0 amide bonds. The molecule has 2 aromatic rings. The van der Waals surface area contributed by atoms with E-state index in [0.29, 0.717) is 18.2 Å². The van der Waals surface area contributed by atoms with Crippen molar-refractivity contribution in [3.05, 3.63) is 36.4 Å². The van der Waals surface area contributed by atoms with Crippen molar-refractivity contribution >= 4 is 10.8 Å². The molecule has 4 rings (SSSR count). The molecule has 1 N–H and O–H groups in total. The zero-order chi connectivity index (χ0) is 14.9. The van der Waals surface area contributed by atoms with Crippen LogP contribution < -0.4 is 14.8 Å². The van der Waals surface area contributed by atoms with Gasteiger partial charge in [-0.05, 0) is 60.7 Å². The van der Waals surface area contributed by atoms with Crippen molar-refractivity contribution in [3.8, 4) is 11.5 Å². The van der Waals surface area contributed by atoms with Crippen LogP contribution in [-0.4, -0.2) is 25.3 Å². The summed E-state index contributed by atoms with van der Waals surface area (Å²) in [6.07, 6.45) is 6.59. The van der Waals surface area contributed by atoms with E-state index in [1.165, 1.54) is 30.0 Å². The summed E-state index contributed by atoms with van der Waals surface area (Å²) in [6.45, 7) is 0. The Morgan fingerprint density at radius 3 is 2.23 bits per heavy atom. The highest BCUT2D eigenvalue weighted by Gasteiger charge is 2.32. The van der Waals surface area contributed by atoms with Crippen LogP contribution in [0.5, 0.6) is 11.5 Å². The van der Waals surface area contributed by atoms with Gasteiger partial charge in [0, 0.05) is 12.1 Å². The number of rotatable bonds is 3. The molecule has 0 radical (unpaired) electrons. The standard InChI is InChI=1S/C19H23NO2/c1-21-17-7-5-14-10-18(8-6-13(14)9-17)22-19-11-15-3-2-4-16(12-19)20-15/h5-10,15-16,19-20H,2-4,11-12H2,1H3/t15-,16+,19?. The second kappa shape index (κ2) is 5.81. The quantitative estimate of drug-likeness (QED) is 0.932. The van der Waals surface area contributed by atoms with Gasteiger partial charge in [0.05, 0.1) is 7.11 Å². The minimum Gasteiger partial charge on any atom is -0.497 e. The van der Waals surface area contributed by atoms with Gasteiger partial charge in [0.2, 0.25) is 0 Å². The Bertz CT molecular complexity index is 658. The smallest absolute Gasteiger partial charge is 0.120 e. The van der Waals surface area contributed by atoms with E-state index in [-0.39, 0.29) is 0 Å². The lowest BCUT2D eigenvalue weighted by Crippen LogP contribution is -2.51. The van der Waals surface area contributed by atoms with Crippen molar-refractivity contribution in [2.45, 2.75) is 50.3 Å². The zero-order valence-corrected chi connectivity index (χ0v) is 13.0. The predicted molar refractivity (Wildman–Crippen MR) is 88.7 cm³/mol. The molecular weight excluding hydrogens is 274 g/mol. The topological polar surface area (TPSA) is 30.5 Å². The maximum atomic E-state index is 6.29. The molecule has 2 fully saturated rings. The summed E-state index contributed by atoms with van der Waals surface area (Å²) >= 11 is 0. The average molecular weight is 297 g/mol. The summed E-state index contributed by atoms with van der Waals surface area (Å²) in [5, 5.41) is 6.11. The number of ether oxygens (including phenoxy) is 2. The van der Waals surface area contributed by atoms with E-state index in [1.54, 1.807) is 7.11 Å². The molecule has 116 valence electrons. The molecule has 2 heterocycles. The normalized spacial score (nSPS) is 27.6. The molecule has 3 atom stereocenters. The van der Waals surface area contributed by atoms with Crippen LogP contribution in [0.15, 0.2) is 36.4 Å². The Labute approximate surface area is 131 Å².